The first-order chi connectivity index (χ1) is 7.29. The van der Waals surface area contributed by atoms with Gasteiger partial charge in [0.2, 0.25) is 0 Å². The second-order valence-electron chi connectivity index (χ2n) is 4.65. The highest BCUT2D eigenvalue weighted by atomic mass is 32.2. The summed E-state index contributed by atoms with van der Waals surface area (Å²) in [6.45, 7) is 7.53. The maximum Gasteiger partial charge on any atom is 0.273 e. The minimum absolute atomic E-state index is 0.241. The molecule has 0 fully saturated rings. The van der Waals surface area contributed by atoms with E-state index in [-0.39, 0.29) is 11.6 Å². The monoisotopic (exact) mass is 242 g/mol. The van der Waals surface area contributed by atoms with Crippen LogP contribution in [0.5, 0.6) is 0 Å². The van der Waals surface area contributed by atoms with Crippen molar-refractivity contribution in [2.24, 2.45) is 0 Å². The van der Waals surface area contributed by atoms with E-state index >= 15 is 0 Å². The van der Waals surface area contributed by atoms with E-state index in [1.54, 1.807) is 20.0 Å². The van der Waals surface area contributed by atoms with Crippen LogP contribution in [0.2, 0.25) is 0 Å². The van der Waals surface area contributed by atoms with E-state index in [2.05, 4.69) is 4.98 Å². The molecule has 90 valence electrons. The van der Waals surface area contributed by atoms with Crippen molar-refractivity contribution in [1.29, 1.82) is 0 Å². The van der Waals surface area contributed by atoms with E-state index < -0.39 is 5.60 Å². The average molecular weight is 242 g/mol. The van der Waals surface area contributed by atoms with Crippen LogP contribution in [0.4, 0.5) is 0 Å². The summed E-state index contributed by atoms with van der Waals surface area (Å²) in [6, 6.07) is 1.70. The minimum atomic E-state index is -0.764. The Balaban J connectivity index is 2.93. The number of hydrogen-bond acceptors (Lipinski definition) is 4. The van der Waals surface area contributed by atoms with Crippen molar-refractivity contribution in [3.8, 4) is 0 Å². The number of hydrogen-bond donors (Lipinski definition) is 1. The van der Waals surface area contributed by atoms with Crippen molar-refractivity contribution in [2.45, 2.75) is 44.5 Å². The normalized spacial score (nSPS) is 12.1. The molecule has 0 saturated heterocycles. The molecule has 0 saturated carbocycles. The minimum Gasteiger partial charge on any atom is -0.390 e. The molecular formula is C11H18N2O2S. The van der Waals surface area contributed by atoms with Crippen molar-refractivity contribution in [2.75, 3.05) is 5.75 Å². The van der Waals surface area contributed by atoms with Gasteiger partial charge in [0.15, 0.2) is 5.16 Å². The molecule has 0 bridgehead atoms. The van der Waals surface area contributed by atoms with Gasteiger partial charge in [-0.1, -0.05) is 11.8 Å². The fraction of sp³-hybridized carbons (Fsp3) is 0.636. The van der Waals surface area contributed by atoms with Gasteiger partial charge in [-0.25, -0.2) is 0 Å². The topological polar surface area (TPSA) is 55.1 Å². The summed E-state index contributed by atoms with van der Waals surface area (Å²) in [5, 5.41) is 10.3. The summed E-state index contributed by atoms with van der Waals surface area (Å²) < 4.78 is 1.93. The molecular weight excluding hydrogens is 224 g/mol. The second-order valence-corrected chi connectivity index (χ2v) is 5.59. The zero-order valence-corrected chi connectivity index (χ0v) is 10.9. The Morgan fingerprint density at radius 3 is 2.69 bits per heavy atom. The lowest BCUT2D eigenvalue weighted by molar-refractivity contribution is 0.107. The number of thioether (sulfide) groups is 1. The van der Waals surface area contributed by atoms with E-state index in [0.717, 1.165) is 0 Å². The van der Waals surface area contributed by atoms with Gasteiger partial charge in [0.25, 0.3) is 5.56 Å². The lowest BCUT2D eigenvalue weighted by atomic mass is 10.2. The maximum absolute atomic E-state index is 11.2. The van der Waals surface area contributed by atoms with Gasteiger partial charge in [0.1, 0.15) is 0 Å². The van der Waals surface area contributed by atoms with Crippen LogP contribution < -0.4 is 5.56 Å². The number of nitrogens with zero attached hydrogens (tertiary/aromatic N) is 2. The molecule has 5 heteroatoms. The summed E-state index contributed by atoms with van der Waals surface area (Å²) in [5.74, 6) is 0.510. The molecule has 1 N–H and O–H groups in total. The molecule has 0 aliphatic rings. The standard InChI is InChI=1S/C11H18N2O2S/c1-8(2)13-6-5-9(14)12-10(13)16-7-11(3,4)15/h5-6,8,15H,7H2,1-4H3. The molecule has 1 rings (SSSR count). The molecule has 1 aromatic rings. The van der Waals surface area contributed by atoms with Crippen LogP contribution in [0.1, 0.15) is 33.7 Å². The molecule has 0 unspecified atom stereocenters. The van der Waals surface area contributed by atoms with E-state index in [1.807, 2.05) is 18.4 Å². The molecule has 0 spiro atoms. The van der Waals surface area contributed by atoms with E-state index in [4.69, 9.17) is 0 Å². The first-order valence-electron chi connectivity index (χ1n) is 5.24. The summed E-state index contributed by atoms with van der Waals surface area (Å²) in [5.41, 5.74) is -1.00. The van der Waals surface area contributed by atoms with E-state index in [9.17, 15) is 9.90 Å². The Morgan fingerprint density at radius 1 is 1.56 bits per heavy atom. The maximum atomic E-state index is 11.2. The SMILES string of the molecule is CC(C)n1ccc(=O)nc1SCC(C)(C)O. The summed E-state index contributed by atoms with van der Waals surface area (Å²) in [4.78, 5) is 15.1. The Kier molecular flexibility index (Phi) is 4.15. The van der Waals surface area contributed by atoms with Crippen molar-refractivity contribution >= 4 is 11.8 Å². The molecule has 0 aliphatic heterocycles. The van der Waals surface area contributed by atoms with Gasteiger partial charge in [0, 0.05) is 24.1 Å². The molecule has 0 amide bonds. The zero-order valence-electron chi connectivity index (χ0n) is 10.1. The van der Waals surface area contributed by atoms with Crippen LogP contribution in [0.3, 0.4) is 0 Å². The number of rotatable bonds is 4. The number of aromatic nitrogens is 2. The summed E-state index contributed by atoms with van der Waals surface area (Å²) >= 11 is 1.40. The first-order valence-corrected chi connectivity index (χ1v) is 6.22. The predicted molar refractivity (Wildman–Crippen MR) is 65.9 cm³/mol. The highest BCUT2D eigenvalue weighted by Gasteiger charge is 2.15. The Bertz CT molecular complexity index is 407. The molecule has 0 radical (unpaired) electrons. The van der Waals surface area contributed by atoms with Crippen molar-refractivity contribution in [3.05, 3.63) is 22.6 Å². The molecule has 1 aromatic heterocycles. The van der Waals surface area contributed by atoms with Gasteiger partial charge in [-0.3, -0.25) is 4.79 Å². The third kappa shape index (κ3) is 3.98. The molecule has 4 nitrogen and oxygen atoms in total. The van der Waals surface area contributed by atoms with Gasteiger partial charge >= 0.3 is 0 Å². The third-order valence-electron chi connectivity index (χ3n) is 1.92. The van der Waals surface area contributed by atoms with Gasteiger partial charge in [-0.05, 0) is 27.7 Å². The Morgan fingerprint density at radius 2 is 2.19 bits per heavy atom. The quantitative estimate of drug-likeness (QED) is 0.645. The van der Waals surface area contributed by atoms with Crippen LogP contribution in [-0.2, 0) is 0 Å². The lowest BCUT2D eigenvalue weighted by Crippen LogP contribution is -2.23. The molecule has 16 heavy (non-hydrogen) atoms. The zero-order chi connectivity index (χ0) is 12.3. The fourth-order valence-corrected chi connectivity index (χ4v) is 2.20. The summed E-state index contributed by atoms with van der Waals surface area (Å²) in [7, 11) is 0. The van der Waals surface area contributed by atoms with Gasteiger partial charge < -0.3 is 9.67 Å². The summed E-state index contributed by atoms with van der Waals surface area (Å²) in [6.07, 6.45) is 1.74. The largest absolute Gasteiger partial charge is 0.390 e. The van der Waals surface area contributed by atoms with Crippen molar-refractivity contribution < 1.29 is 5.11 Å². The van der Waals surface area contributed by atoms with Crippen LogP contribution in [-0.4, -0.2) is 26.0 Å². The van der Waals surface area contributed by atoms with Gasteiger partial charge in [-0.15, -0.1) is 0 Å². The smallest absolute Gasteiger partial charge is 0.273 e. The van der Waals surface area contributed by atoms with Gasteiger partial charge in [0.05, 0.1) is 5.60 Å². The number of aliphatic hydroxyl groups is 1. The average Bonchev–Trinajstić information content (AvgIpc) is 2.13. The molecule has 1 heterocycles. The van der Waals surface area contributed by atoms with Crippen molar-refractivity contribution in [1.82, 2.24) is 9.55 Å². The molecule has 0 aliphatic carbocycles. The van der Waals surface area contributed by atoms with Crippen molar-refractivity contribution in [3.63, 3.8) is 0 Å². The van der Waals surface area contributed by atoms with Crippen LogP contribution in [0.15, 0.2) is 22.2 Å². The van der Waals surface area contributed by atoms with Crippen LogP contribution >= 0.6 is 11.8 Å². The molecule has 0 atom stereocenters. The third-order valence-corrected chi connectivity index (χ3v) is 3.33. The van der Waals surface area contributed by atoms with E-state index in [1.165, 1.54) is 17.8 Å². The highest BCUT2D eigenvalue weighted by Crippen LogP contribution is 2.21. The van der Waals surface area contributed by atoms with E-state index in [0.29, 0.717) is 10.9 Å². The fourth-order valence-electron chi connectivity index (χ4n) is 1.14. The van der Waals surface area contributed by atoms with Crippen LogP contribution in [0.25, 0.3) is 0 Å². The predicted octanol–water partition coefficient (Wildman–Crippen LogP) is 1.69. The lowest BCUT2D eigenvalue weighted by Gasteiger charge is -2.19. The Hall–Kier alpha value is -0.810. The van der Waals surface area contributed by atoms with Gasteiger partial charge in [-0.2, -0.15) is 4.98 Å². The highest BCUT2D eigenvalue weighted by molar-refractivity contribution is 7.99. The van der Waals surface area contributed by atoms with Crippen LogP contribution in [0, 0.1) is 0 Å². The first kappa shape index (κ1) is 13.3. The Labute approximate surface area is 99.7 Å². The second kappa shape index (κ2) is 5.01. The molecule has 0 aromatic carbocycles.